The van der Waals surface area contributed by atoms with Crippen molar-refractivity contribution in [2.75, 3.05) is 0 Å². The van der Waals surface area contributed by atoms with Gasteiger partial charge in [0.1, 0.15) is 10.8 Å². The zero-order chi connectivity index (χ0) is 13.2. The van der Waals surface area contributed by atoms with Gasteiger partial charge in [-0.2, -0.15) is 0 Å². The van der Waals surface area contributed by atoms with Crippen molar-refractivity contribution in [3.8, 4) is 5.75 Å². The molecule has 0 bridgehead atoms. The third kappa shape index (κ3) is 3.33. The van der Waals surface area contributed by atoms with Crippen LogP contribution in [0.25, 0.3) is 0 Å². The second-order valence-electron chi connectivity index (χ2n) is 3.72. The van der Waals surface area contributed by atoms with Gasteiger partial charge in [-0.1, -0.05) is 52.5 Å². The van der Waals surface area contributed by atoms with Gasteiger partial charge in [-0.3, -0.25) is 0 Å². The smallest absolute Gasteiger partial charge is 0.229 e. The molecule has 0 atom stereocenters. The van der Waals surface area contributed by atoms with Gasteiger partial charge in [0.25, 0.3) is 0 Å². The molecule has 0 N–H and O–H groups in total. The fourth-order valence-corrected chi connectivity index (χ4v) is 3.14. The van der Waals surface area contributed by atoms with Gasteiger partial charge < -0.3 is 4.43 Å². The largest absolute Gasteiger partial charge is 0.546 e. The molecule has 0 unspecified atom stereocenters. The fourth-order valence-electron chi connectivity index (χ4n) is 1.34. The molecule has 0 aromatic heterocycles. The summed E-state index contributed by atoms with van der Waals surface area (Å²) in [5.41, 5.74) is 0.738. The summed E-state index contributed by atoms with van der Waals surface area (Å²) in [7, 11) is -1.31. The van der Waals surface area contributed by atoms with Gasteiger partial charge >= 0.3 is 0 Å². The Morgan fingerprint density at radius 2 is 1.59 bits per heavy atom. The maximum atomic E-state index is 6.15. The average Bonchev–Trinajstić information content (AvgIpc) is 2.28. The molecule has 0 spiro atoms. The van der Waals surface area contributed by atoms with Crippen molar-refractivity contribution >= 4 is 55.4 Å². The highest BCUT2D eigenvalue weighted by atomic mass is 35.5. The summed E-state index contributed by atoms with van der Waals surface area (Å²) in [5, 5.41) is 1.19. The van der Waals surface area contributed by atoms with Gasteiger partial charge in [0.2, 0.25) is 9.04 Å². The quantitative estimate of drug-likeness (QED) is 0.311. The lowest BCUT2D eigenvalue weighted by atomic mass is 10.1. The van der Waals surface area contributed by atoms with Crippen LogP contribution in [0.3, 0.4) is 0 Å². The predicted octanol–water partition coefficient (Wildman–Crippen LogP) is 5.39. The van der Waals surface area contributed by atoms with Crippen LogP contribution in [0.5, 0.6) is 5.75 Å². The van der Waals surface area contributed by atoms with Crippen LogP contribution < -0.4 is 4.43 Å². The standard InChI is InChI=1S/C11H12Cl4OSi/c1-4-5-6-7(12)8(13)9(14)10(15)11(6)16-17(2)3/h4,17H,1,5H2,2-3H3. The molecule has 1 nitrogen and oxygen atoms in total. The van der Waals surface area contributed by atoms with Crippen LogP contribution >= 0.6 is 46.4 Å². The molecule has 0 saturated carbocycles. The van der Waals surface area contributed by atoms with Gasteiger partial charge in [-0.15, -0.1) is 6.58 Å². The number of benzene rings is 1. The first-order valence-electron chi connectivity index (χ1n) is 5.02. The van der Waals surface area contributed by atoms with Crippen LogP contribution in [0, 0.1) is 0 Å². The molecule has 0 radical (unpaired) electrons. The van der Waals surface area contributed by atoms with E-state index >= 15 is 0 Å². The number of hydrogen-bond donors (Lipinski definition) is 0. The van der Waals surface area contributed by atoms with Crippen molar-refractivity contribution < 1.29 is 4.43 Å². The number of rotatable bonds is 4. The van der Waals surface area contributed by atoms with Crippen LogP contribution in [-0.4, -0.2) is 9.04 Å². The molecule has 0 aliphatic rings. The van der Waals surface area contributed by atoms with E-state index in [0.717, 1.165) is 5.56 Å². The first-order chi connectivity index (χ1) is 7.90. The average molecular weight is 330 g/mol. The summed E-state index contributed by atoms with van der Waals surface area (Å²) in [6, 6.07) is 0. The molecule has 0 aliphatic carbocycles. The fraction of sp³-hybridized carbons (Fsp3) is 0.273. The van der Waals surface area contributed by atoms with Crippen molar-refractivity contribution in [1.82, 2.24) is 0 Å². The number of halogens is 4. The van der Waals surface area contributed by atoms with Crippen molar-refractivity contribution in [2.24, 2.45) is 0 Å². The Labute approximate surface area is 123 Å². The van der Waals surface area contributed by atoms with E-state index in [9.17, 15) is 0 Å². The Balaban J connectivity index is 3.47. The van der Waals surface area contributed by atoms with E-state index in [1.165, 1.54) is 0 Å². The third-order valence-electron chi connectivity index (χ3n) is 2.02. The third-order valence-corrected chi connectivity index (χ3v) is 4.55. The summed E-state index contributed by atoms with van der Waals surface area (Å²) >= 11 is 24.3. The molecule has 0 heterocycles. The predicted molar refractivity (Wildman–Crippen MR) is 79.9 cm³/mol. The van der Waals surface area contributed by atoms with E-state index in [-0.39, 0.29) is 10.0 Å². The summed E-state index contributed by atoms with van der Waals surface area (Å²) in [6.45, 7) is 7.74. The highest BCUT2D eigenvalue weighted by Gasteiger charge is 2.21. The van der Waals surface area contributed by atoms with Crippen LogP contribution in [0.4, 0.5) is 0 Å². The Kier molecular flexibility index (Phi) is 5.67. The highest BCUT2D eigenvalue weighted by molar-refractivity contribution is 6.53. The highest BCUT2D eigenvalue weighted by Crippen LogP contribution is 2.46. The minimum Gasteiger partial charge on any atom is -0.546 e. The molecule has 0 amide bonds. The zero-order valence-corrected chi connectivity index (χ0v) is 13.7. The normalized spacial score (nSPS) is 10.8. The van der Waals surface area contributed by atoms with Gasteiger partial charge in [0.15, 0.2) is 0 Å². The number of hydrogen-bond acceptors (Lipinski definition) is 1. The summed E-state index contributed by atoms with van der Waals surface area (Å²) in [4.78, 5) is 0. The molecular weight excluding hydrogens is 318 g/mol. The molecule has 6 heteroatoms. The Bertz CT molecular complexity index is 446. The SMILES string of the molecule is C=CCc1c(Cl)c(Cl)c(Cl)c(Cl)c1O[SiH](C)C. The van der Waals surface area contributed by atoms with Crippen molar-refractivity contribution in [3.05, 3.63) is 38.3 Å². The summed E-state index contributed by atoms with van der Waals surface area (Å²) in [5.74, 6) is 0.535. The van der Waals surface area contributed by atoms with E-state index in [1.54, 1.807) is 6.08 Å². The van der Waals surface area contributed by atoms with E-state index < -0.39 is 9.04 Å². The van der Waals surface area contributed by atoms with Crippen molar-refractivity contribution in [3.63, 3.8) is 0 Å². The molecule has 0 fully saturated rings. The van der Waals surface area contributed by atoms with Gasteiger partial charge in [0, 0.05) is 5.56 Å². The second-order valence-corrected chi connectivity index (χ2v) is 7.57. The van der Waals surface area contributed by atoms with Gasteiger partial charge in [-0.05, 0) is 19.5 Å². The lowest BCUT2D eigenvalue weighted by Crippen LogP contribution is -2.13. The maximum absolute atomic E-state index is 6.15. The molecule has 0 aliphatic heterocycles. The first kappa shape index (κ1) is 15.2. The van der Waals surface area contributed by atoms with Gasteiger partial charge in [-0.25, -0.2) is 0 Å². The lowest BCUT2D eigenvalue weighted by Gasteiger charge is -2.18. The summed E-state index contributed by atoms with van der Waals surface area (Å²) < 4.78 is 5.78. The summed E-state index contributed by atoms with van der Waals surface area (Å²) in [6.07, 6.45) is 2.25. The molecule has 1 aromatic rings. The van der Waals surface area contributed by atoms with E-state index in [2.05, 4.69) is 6.58 Å². The Hall–Kier alpha value is 0.137. The van der Waals surface area contributed by atoms with Crippen LogP contribution in [0.2, 0.25) is 33.2 Å². The molecule has 17 heavy (non-hydrogen) atoms. The Morgan fingerprint density at radius 1 is 1.06 bits per heavy atom. The van der Waals surface area contributed by atoms with Crippen molar-refractivity contribution in [1.29, 1.82) is 0 Å². The van der Waals surface area contributed by atoms with Crippen LogP contribution in [0.1, 0.15) is 5.56 Å². The number of allylic oxidation sites excluding steroid dienone is 1. The van der Waals surface area contributed by atoms with Crippen LogP contribution in [0.15, 0.2) is 12.7 Å². The van der Waals surface area contributed by atoms with Crippen molar-refractivity contribution in [2.45, 2.75) is 19.5 Å². The van der Waals surface area contributed by atoms with Gasteiger partial charge in [0.05, 0.1) is 15.1 Å². The maximum Gasteiger partial charge on any atom is 0.229 e. The topological polar surface area (TPSA) is 9.23 Å². The van der Waals surface area contributed by atoms with E-state index in [4.69, 9.17) is 50.8 Å². The molecule has 0 saturated heterocycles. The first-order valence-corrected chi connectivity index (χ1v) is 9.31. The molecule has 1 rings (SSSR count). The molecule has 94 valence electrons. The monoisotopic (exact) mass is 328 g/mol. The molecular formula is C11H12Cl4OSi. The Morgan fingerprint density at radius 3 is 2.06 bits per heavy atom. The zero-order valence-electron chi connectivity index (χ0n) is 9.49. The lowest BCUT2D eigenvalue weighted by molar-refractivity contribution is 0.574. The minimum absolute atomic E-state index is 0.232. The van der Waals surface area contributed by atoms with E-state index in [0.29, 0.717) is 22.2 Å². The second kappa shape index (κ2) is 6.35. The molecule has 1 aromatic carbocycles. The van der Waals surface area contributed by atoms with E-state index in [1.807, 2.05) is 13.1 Å². The van der Waals surface area contributed by atoms with Crippen LogP contribution in [-0.2, 0) is 6.42 Å². The minimum atomic E-state index is -1.31.